The molecule has 1 N–H and O–H groups in total. The van der Waals surface area contributed by atoms with Gasteiger partial charge in [-0.25, -0.2) is 0 Å². The van der Waals surface area contributed by atoms with Crippen LogP contribution in [0.3, 0.4) is 0 Å². The lowest BCUT2D eigenvalue weighted by molar-refractivity contribution is 1.07. The second-order valence-electron chi connectivity index (χ2n) is 4.75. The lowest BCUT2D eigenvalue weighted by Gasteiger charge is -2.03. The number of rotatable bonds is 2. The zero-order valence-corrected chi connectivity index (χ0v) is 10.6. The Morgan fingerprint density at radius 3 is 2.78 bits per heavy atom. The second-order valence-corrected chi connectivity index (χ2v) is 4.75. The van der Waals surface area contributed by atoms with Crippen molar-refractivity contribution in [1.82, 2.24) is 15.2 Å². The quantitative estimate of drug-likeness (QED) is 0.743. The van der Waals surface area contributed by atoms with Crippen LogP contribution >= 0.6 is 0 Å². The maximum Gasteiger partial charge on any atom is 0.0923 e. The fraction of sp³-hybridized carbons (Fsp3) is 0.200. The van der Waals surface area contributed by atoms with Crippen molar-refractivity contribution in [3.05, 3.63) is 59.0 Å². The van der Waals surface area contributed by atoms with Crippen LogP contribution in [-0.4, -0.2) is 15.2 Å². The van der Waals surface area contributed by atoms with E-state index in [1.807, 2.05) is 19.3 Å². The monoisotopic (exact) mass is 237 g/mol. The Bertz CT molecular complexity index is 698. The number of hydrogen-bond donors (Lipinski definition) is 1. The Balaban J connectivity index is 1.97. The van der Waals surface area contributed by atoms with Crippen LogP contribution < -0.4 is 0 Å². The number of nitrogens with one attached hydrogen (secondary N) is 1. The summed E-state index contributed by atoms with van der Waals surface area (Å²) in [4.78, 5) is 4.23. The molecule has 0 aliphatic rings. The van der Waals surface area contributed by atoms with Gasteiger partial charge in [-0.3, -0.25) is 10.1 Å². The average Bonchev–Trinajstić information content (AvgIpc) is 2.71. The van der Waals surface area contributed by atoms with E-state index in [-0.39, 0.29) is 0 Å². The lowest BCUT2D eigenvalue weighted by atomic mass is 10.0. The molecule has 2 aromatic heterocycles. The number of H-pyrrole nitrogens is 1. The highest BCUT2D eigenvalue weighted by atomic mass is 15.1. The van der Waals surface area contributed by atoms with Crippen molar-refractivity contribution in [3.63, 3.8) is 0 Å². The smallest absolute Gasteiger partial charge is 0.0923 e. The van der Waals surface area contributed by atoms with E-state index in [2.05, 4.69) is 46.4 Å². The number of benzene rings is 1. The van der Waals surface area contributed by atoms with Crippen LogP contribution in [0, 0.1) is 13.8 Å². The summed E-state index contributed by atoms with van der Waals surface area (Å²) < 4.78 is 0. The Morgan fingerprint density at radius 2 is 1.94 bits per heavy atom. The van der Waals surface area contributed by atoms with Crippen molar-refractivity contribution < 1.29 is 0 Å². The van der Waals surface area contributed by atoms with Gasteiger partial charge in [0, 0.05) is 23.5 Å². The van der Waals surface area contributed by atoms with E-state index >= 15 is 0 Å². The van der Waals surface area contributed by atoms with Gasteiger partial charge in [-0.1, -0.05) is 12.1 Å². The van der Waals surface area contributed by atoms with Crippen LogP contribution in [0.1, 0.15) is 22.4 Å². The number of aromatic amines is 1. The van der Waals surface area contributed by atoms with Gasteiger partial charge < -0.3 is 0 Å². The van der Waals surface area contributed by atoms with Crippen LogP contribution in [0.2, 0.25) is 0 Å². The van der Waals surface area contributed by atoms with Crippen molar-refractivity contribution in [2.45, 2.75) is 20.3 Å². The van der Waals surface area contributed by atoms with Crippen LogP contribution in [0.25, 0.3) is 10.9 Å². The predicted molar refractivity (Wildman–Crippen MR) is 72.6 cm³/mol. The van der Waals surface area contributed by atoms with E-state index in [0.29, 0.717) is 0 Å². The fourth-order valence-electron chi connectivity index (χ4n) is 2.25. The molecular formula is C15H15N3. The van der Waals surface area contributed by atoms with E-state index in [1.54, 1.807) is 0 Å². The first-order valence-corrected chi connectivity index (χ1v) is 6.06. The van der Waals surface area contributed by atoms with Gasteiger partial charge in [-0.05, 0) is 49.1 Å². The van der Waals surface area contributed by atoms with Gasteiger partial charge in [0.15, 0.2) is 0 Å². The third-order valence-electron chi connectivity index (χ3n) is 3.15. The molecule has 0 atom stereocenters. The van der Waals surface area contributed by atoms with Crippen LogP contribution in [0.15, 0.2) is 36.7 Å². The summed E-state index contributed by atoms with van der Waals surface area (Å²) in [5, 5.41) is 8.46. The molecule has 3 aromatic rings. The Labute approximate surface area is 106 Å². The summed E-state index contributed by atoms with van der Waals surface area (Å²) >= 11 is 0. The van der Waals surface area contributed by atoms with E-state index in [1.165, 1.54) is 22.1 Å². The summed E-state index contributed by atoms with van der Waals surface area (Å²) in [5.74, 6) is 0. The Hall–Kier alpha value is -2.16. The van der Waals surface area contributed by atoms with Crippen molar-refractivity contribution >= 4 is 10.9 Å². The molecule has 0 saturated carbocycles. The summed E-state index contributed by atoms with van der Waals surface area (Å²) in [6, 6.07) is 8.58. The summed E-state index contributed by atoms with van der Waals surface area (Å²) in [7, 11) is 0. The highest BCUT2D eigenvalue weighted by Gasteiger charge is 2.03. The molecule has 3 rings (SSSR count). The summed E-state index contributed by atoms with van der Waals surface area (Å²) in [6.07, 6.45) is 4.72. The first kappa shape index (κ1) is 11.0. The molecule has 2 heterocycles. The fourth-order valence-corrected chi connectivity index (χ4v) is 2.25. The molecule has 3 heteroatoms. The maximum absolute atomic E-state index is 4.24. The third kappa shape index (κ3) is 1.99. The van der Waals surface area contributed by atoms with Gasteiger partial charge in [0.2, 0.25) is 0 Å². The van der Waals surface area contributed by atoms with Gasteiger partial charge in [-0.2, -0.15) is 5.10 Å². The molecule has 18 heavy (non-hydrogen) atoms. The van der Waals surface area contributed by atoms with E-state index in [4.69, 9.17) is 0 Å². The molecule has 90 valence electrons. The highest BCUT2D eigenvalue weighted by Crippen LogP contribution is 2.19. The van der Waals surface area contributed by atoms with Gasteiger partial charge in [-0.15, -0.1) is 0 Å². The molecule has 1 aromatic carbocycles. The minimum absolute atomic E-state index is 0.912. The molecule has 0 amide bonds. The predicted octanol–water partition coefficient (Wildman–Crippen LogP) is 3.17. The second kappa shape index (κ2) is 4.26. The average molecular weight is 237 g/mol. The van der Waals surface area contributed by atoms with E-state index < -0.39 is 0 Å². The van der Waals surface area contributed by atoms with Crippen molar-refractivity contribution in [2.24, 2.45) is 0 Å². The molecule has 0 unspecified atom stereocenters. The number of aromatic nitrogens is 3. The SMILES string of the molecule is Cc1cncc(Cc2ccc3n[nH]c(C)c3c2)c1. The highest BCUT2D eigenvalue weighted by molar-refractivity contribution is 5.81. The first-order valence-electron chi connectivity index (χ1n) is 6.06. The summed E-state index contributed by atoms with van der Waals surface area (Å²) in [5.41, 5.74) is 5.89. The van der Waals surface area contributed by atoms with Crippen LogP contribution in [0.5, 0.6) is 0 Å². The lowest BCUT2D eigenvalue weighted by Crippen LogP contribution is -1.90. The minimum atomic E-state index is 0.912. The topological polar surface area (TPSA) is 41.6 Å². The van der Waals surface area contributed by atoms with Gasteiger partial charge in [0.1, 0.15) is 0 Å². The van der Waals surface area contributed by atoms with E-state index in [0.717, 1.165) is 17.6 Å². The molecular weight excluding hydrogens is 222 g/mol. The number of pyridine rings is 1. The zero-order chi connectivity index (χ0) is 12.5. The number of nitrogens with zero attached hydrogens (tertiary/aromatic N) is 2. The maximum atomic E-state index is 4.24. The Morgan fingerprint density at radius 1 is 1.06 bits per heavy atom. The standard InChI is InChI=1S/C15H15N3/c1-10-5-13(9-16-8-10)6-12-3-4-15-14(7-12)11(2)17-18-15/h3-5,7-9H,6H2,1-2H3,(H,17,18). The molecule has 3 nitrogen and oxygen atoms in total. The molecule has 0 aliphatic carbocycles. The minimum Gasteiger partial charge on any atom is -0.282 e. The summed E-state index contributed by atoms with van der Waals surface area (Å²) in [6.45, 7) is 4.12. The van der Waals surface area contributed by atoms with Crippen molar-refractivity contribution in [3.8, 4) is 0 Å². The normalized spacial score (nSPS) is 11.0. The number of aryl methyl sites for hydroxylation is 2. The molecule has 0 aliphatic heterocycles. The third-order valence-corrected chi connectivity index (χ3v) is 3.15. The van der Waals surface area contributed by atoms with Crippen LogP contribution in [-0.2, 0) is 6.42 Å². The zero-order valence-electron chi connectivity index (χ0n) is 10.6. The van der Waals surface area contributed by atoms with E-state index in [9.17, 15) is 0 Å². The van der Waals surface area contributed by atoms with Crippen molar-refractivity contribution in [2.75, 3.05) is 0 Å². The van der Waals surface area contributed by atoms with Gasteiger partial charge in [0.05, 0.1) is 5.52 Å². The molecule has 0 bridgehead atoms. The van der Waals surface area contributed by atoms with Gasteiger partial charge >= 0.3 is 0 Å². The number of hydrogen-bond acceptors (Lipinski definition) is 2. The molecule has 0 fully saturated rings. The van der Waals surface area contributed by atoms with Gasteiger partial charge in [0.25, 0.3) is 0 Å². The largest absolute Gasteiger partial charge is 0.282 e. The van der Waals surface area contributed by atoms with Crippen LogP contribution in [0.4, 0.5) is 0 Å². The first-order chi connectivity index (χ1) is 8.72. The Kier molecular flexibility index (Phi) is 2.59. The molecule has 0 spiro atoms. The number of fused-ring (bicyclic) bond motifs is 1. The molecule has 0 saturated heterocycles. The van der Waals surface area contributed by atoms with Crippen molar-refractivity contribution in [1.29, 1.82) is 0 Å². The molecule has 0 radical (unpaired) electrons.